The zero-order chi connectivity index (χ0) is 18.9. The maximum atomic E-state index is 2.74. The first-order chi connectivity index (χ1) is 13.0. The maximum Gasteiger partial charge on any atom is 0.0785 e. The molecule has 0 amide bonds. The van der Waals surface area contributed by atoms with E-state index >= 15 is 0 Å². The first-order valence-corrected chi connectivity index (χ1v) is 10.7. The third-order valence-corrected chi connectivity index (χ3v) is 6.96. The van der Waals surface area contributed by atoms with E-state index < -0.39 is 0 Å². The molecule has 28 heavy (non-hydrogen) atoms. The SMILES string of the molecule is Cc1ccccc1N(CCC1CC[N+](C)(C)CC1)C1Cc2ccccc2C1.[Br-]. The first-order valence-electron chi connectivity index (χ1n) is 10.7. The van der Waals surface area contributed by atoms with E-state index in [-0.39, 0.29) is 17.0 Å². The van der Waals surface area contributed by atoms with Crippen molar-refractivity contribution in [2.75, 3.05) is 38.6 Å². The Labute approximate surface area is 181 Å². The van der Waals surface area contributed by atoms with E-state index in [9.17, 15) is 0 Å². The number of anilines is 1. The molecule has 0 bridgehead atoms. The normalized spacial score (nSPS) is 19.1. The fourth-order valence-electron chi connectivity index (χ4n) is 5.07. The molecule has 4 rings (SSSR count). The summed E-state index contributed by atoms with van der Waals surface area (Å²) >= 11 is 0. The molecule has 1 fully saturated rings. The van der Waals surface area contributed by atoms with Gasteiger partial charge in [-0.15, -0.1) is 0 Å². The number of hydrogen-bond donors (Lipinski definition) is 0. The Morgan fingerprint density at radius 2 is 1.46 bits per heavy atom. The zero-order valence-corrected chi connectivity index (χ0v) is 19.3. The first kappa shape index (κ1) is 21.4. The summed E-state index contributed by atoms with van der Waals surface area (Å²) in [5.41, 5.74) is 5.97. The quantitative estimate of drug-likeness (QED) is 0.638. The van der Waals surface area contributed by atoms with Crippen LogP contribution in [0.3, 0.4) is 0 Å². The van der Waals surface area contributed by atoms with Crippen molar-refractivity contribution in [1.29, 1.82) is 0 Å². The molecular formula is C25H35BrN2. The second-order valence-electron chi connectivity index (χ2n) is 9.43. The van der Waals surface area contributed by atoms with E-state index in [1.54, 1.807) is 11.1 Å². The number of para-hydroxylation sites is 1. The van der Waals surface area contributed by atoms with Crippen LogP contribution in [0.25, 0.3) is 0 Å². The predicted octanol–water partition coefficient (Wildman–Crippen LogP) is 1.85. The minimum Gasteiger partial charge on any atom is -1.00 e. The molecule has 1 aliphatic heterocycles. The second-order valence-corrected chi connectivity index (χ2v) is 9.43. The number of fused-ring (bicyclic) bond motifs is 1. The van der Waals surface area contributed by atoms with Crippen molar-refractivity contribution in [2.45, 2.75) is 45.1 Å². The molecule has 152 valence electrons. The lowest BCUT2D eigenvalue weighted by molar-refractivity contribution is -0.896. The molecule has 0 N–H and O–H groups in total. The van der Waals surface area contributed by atoms with Crippen LogP contribution in [0.1, 0.15) is 36.0 Å². The van der Waals surface area contributed by atoms with Crippen LogP contribution in [-0.4, -0.2) is 44.3 Å². The van der Waals surface area contributed by atoms with E-state index in [0.29, 0.717) is 6.04 Å². The van der Waals surface area contributed by atoms with Gasteiger partial charge in [-0.1, -0.05) is 42.5 Å². The lowest BCUT2D eigenvalue weighted by Gasteiger charge is -2.39. The van der Waals surface area contributed by atoms with Crippen molar-refractivity contribution in [3.63, 3.8) is 0 Å². The molecule has 1 saturated heterocycles. The van der Waals surface area contributed by atoms with Crippen molar-refractivity contribution in [3.05, 3.63) is 65.2 Å². The molecule has 0 saturated carbocycles. The molecule has 0 unspecified atom stereocenters. The van der Waals surface area contributed by atoms with Gasteiger partial charge in [0.1, 0.15) is 0 Å². The fourth-order valence-corrected chi connectivity index (χ4v) is 5.07. The zero-order valence-electron chi connectivity index (χ0n) is 17.7. The topological polar surface area (TPSA) is 3.24 Å². The molecular weight excluding hydrogens is 408 g/mol. The van der Waals surface area contributed by atoms with Crippen molar-refractivity contribution < 1.29 is 21.5 Å². The summed E-state index contributed by atoms with van der Waals surface area (Å²) in [6, 6.07) is 18.6. The molecule has 2 aliphatic rings. The van der Waals surface area contributed by atoms with Crippen LogP contribution in [0, 0.1) is 12.8 Å². The van der Waals surface area contributed by atoms with Gasteiger partial charge in [-0.25, -0.2) is 0 Å². The van der Waals surface area contributed by atoms with Gasteiger partial charge in [-0.05, 0) is 67.7 Å². The molecule has 0 spiro atoms. The summed E-state index contributed by atoms with van der Waals surface area (Å²) in [7, 11) is 4.76. The van der Waals surface area contributed by atoms with Gasteiger partial charge in [-0.3, -0.25) is 0 Å². The van der Waals surface area contributed by atoms with Gasteiger partial charge in [0.15, 0.2) is 0 Å². The van der Waals surface area contributed by atoms with Crippen molar-refractivity contribution in [3.8, 4) is 0 Å². The molecule has 0 atom stereocenters. The van der Waals surface area contributed by atoms with Crippen LogP contribution in [0.5, 0.6) is 0 Å². The summed E-state index contributed by atoms with van der Waals surface area (Å²) in [4.78, 5) is 2.74. The van der Waals surface area contributed by atoms with E-state index in [1.807, 2.05) is 0 Å². The van der Waals surface area contributed by atoms with Crippen LogP contribution in [0.4, 0.5) is 5.69 Å². The molecule has 2 nitrogen and oxygen atoms in total. The Morgan fingerprint density at radius 1 is 0.893 bits per heavy atom. The van der Waals surface area contributed by atoms with Crippen molar-refractivity contribution >= 4 is 5.69 Å². The number of benzene rings is 2. The van der Waals surface area contributed by atoms with Crippen LogP contribution in [-0.2, 0) is 12.8 Å². The van der Waals surface area contributed by atoms with Gasteiger partial charge >= 0.3 is 0 Å². The monoisotopic (exact) mass is 442 g/mol. The van der Waals surface area contributed by atoms with E-state index in [0.717, 1.165) is 5.92 Å². The van der Waals surface area contributed by atoms with E-state index in [2.05, 4.69) is 74.4 Å². The van der Waals surface area contributed by atoms with Crippen molar-refractivity contribution in [1.82, 2.24) is 0 Å². The van der Waals surface area contributed by atoms with Crippen LogP contribution < -0.4 is 21.9 Å². The number of hydrogen-bond acceptors (Lipinski definition) is 1. The van der Waals surface area contributed by atoms with Crippen LogP contribution in [0.15, 0.2) is 48.5 Å². The maximum absolute atomic E-state index is 2.74. The molecule has 3 heteroatoms. The van der Waals surface area contributed by atoms with Gasteiger partial charge in [0.2, 0.25) is 0 Å². The highest BCUT2D eigenvalue weighted by Crippen LogP contribution is 2.32. The van der Waals surface area contributed by atoms with Gasteiger partial charge in [0.25, 0.3) is 0 Å². The van der Waals surface area contributed by atoms with E-state index in [1.165, 1.54) is 67.5 Å². The number of rotatable bonds is 5. The Bertz CT molecular complexity index is 751. The standard InChI is InChI=1S/C25H35N2.BrH/c1-20-8-4-7-11-25(20)26(15-12-21-13-16-27(2,3)17-14-21)24-18-22-9-5-6-10-23(22)19-24;/h4-11,21,24H,12-19H2,1-3H3;1H/q+1;/p-1. The highest BCUT2D eigenvalue weighted by atomic mass is 79.9. The molecule has 2 aromatic carbocycles. The van der Waals surface area contributed by atoms with Gasteiger partial charge < -0.3 is 26.4 Å². The summed E-state index contributed by atoms with van der Waals surface area (Å²) in [6.07, 6.45) is 6.50. The highest BCUT2D eigenvalue weighted by molar-refractivity contribution is 5.55. The number of nitrogens with zero attached hydrogens (tertiary/aromatic N) is 2. The molecule has 0 aromatic heterocycles. The van der Waals surface area contributed by atoms with Crippen LogP contribution in [0.2, 0.25) is 0 Å². The highest BCUT2D eigenvalue weighted by Gasteiger charge is 2.30. The average molecular weight is 443 g/mol. The largest absolute Gasteiger partial charge is 1.00 e. The minimum atomic E-state index is 0. The number of likely N-dealkylation sites (tertiary alicyclic amines) is 1. The number of aryl methyl sites for hydroxylation is 1. The summed E-state index contributed by atoms with van der Waals surface area (Å²) in [5.74, 6) is 0.895. The van der Waals surface area contributed by atoms with Crippen molar-refractivity contribution in [2.24, 2.45) is 5.92 Å². The number of quaternary nitrogens is 1. The molecule has 1 heterocycles. The number of halogens is 1. The second kappa shape index (κ2) is 9.00. The summed E-state index contributed by atoms with van der Waals surface area (Å²) < 4.78 is 1.20. The Morgan fingerprint density at radius 3 is 2.07 bits per heavy atom. The minimum absolute atomic E-state index is 0. The third kappa shape index (κ3) is 4.80. The Kier molecular flexibility index (Phi) is 6.88. The Balaban J connectivity index is 0.00000225. The molecule has 2 aromatic rings. The molecule has 1 aliphatic carbocycles. The lowest BCUT2D eigenvalue weighted by Crippen LogP contribution is -3.00. The summed E-state index contributed by atoms with van der Waals surface area (Å²) in [6.45, 7) is 6.14. The van der Waals surface area contributed by atoms with Gasteiger partial charge in [-0.2, -0.15) is 0 Å². The summed E-state index contributed by atoms with van der Waals surface area (Å²) in [5, 5.41) is 0. The smallest absolute Gasteiger partial charge is 0.0785 e. The van der Waals surface area contributed by atoms with Crippen LogP contribution >= 0.6 is 0 Å². The third-order valence-electron chi connectivity index (χ3n) is 6.96. The Hall–Kier alpha value is -1.32. The fraction of sp³-hybridized carbons (Fsp3) is 0.520. The molecule has 0 radical (unpaired) electrons. The van der Waals surface area contributed by atoms with Gasteiger partial charge in [0.05, 0.1) is 27.2 Å². The predicted molar refractivity (Wildman–Crippen MR) is 115 cm³/mol. The van der Waals surface area contributed by atoms with Gasteiger partial charge in [0, 0.05) is 18.3 Å². The lowest BCUT2D eigenvalue weighted by atomic mass is 9.92. The van der Waals surface area contributed by atoms with E-state index in [4.69, 9.17) is 0 Å². The average Bonchev–Trinajstić information content (AvgIpc) is 3.08. The number of piperidine rings is 1.